The van der Waals surface area contributed by atoms with Gasteiger partial charge >= 0.3 is 5.97 Å². The molecule has 186 valence electrons. The zero-order chi connectivity index (χ0) is 26.0. The lowest BCUT2D eigenvalue weighted by Gasteiger charge is -2.33. The molecule has 6 heteroatoms. The Labute approximate surface area is 211 Å². The topological polar surface area (TPSA) is 83.5 Å². The first-order chi connectivity index (χ1) is 17.2. The number of carbonyl (C=O) groups excluding carboxylic acids is 1. The molecule has 0 saturated heterocycles. The molecule has 3 N–H and O–H groups in total. The number of ketones is 1. The minimum atomic E-state index is -0.987. The van der Waals surface area contributed by atoms with Gasteiger partial charge in [0.15, 0.2) is 5.76 Å². The minimum absolute atomic E-state index is 0.0780. The Morgan fingerprint density at radius 3 is 2.42 bits per heavy atom. The number of carboxylic acid groups (broad SMARTS) is 1. The number of likely N-dealkylation sites (N-methyl/N-ethyl adjacent to an activating group) is 1. The van der Waals surface area contributed by atoms with Gasteiger partial charge in [0.25, 0.3) is 0 Å². The van der Waals surface area contributed by atoms with Gasteiger partial charge in [-0.25, -0.2) is 4.79 Å². The first kappa shape index (κ1) is 25.2. The van der Waals surface area contributed by atoms with E-state index in [1.165, 1.54) is 34.2 Å². The largest absolute Gasteiger partial charge is 0.494 e. The van der Waals surface area contributed by atoms with Crippen molar-refractivity contribution in [2.75, 3.05) is 25.6 Å². The Hall–Kier alpha value is -3.90. The number of hydrogen-bond acceptors (Lipinski definition) is 4. The van der Waals surface area contributed by atoms with Crippen LogP contribution < -0.4 is 10.2 Å². The molecule has 0 radical (unpaired) electrons. The van der Waals surface area contributed by atoms with Crippen molar-refractivity contribution in [1.82, 2.24) is 0 Å². The number of Topliss-reactive ketones (excluding diaryl/α,β-unsaturated/α-hetero) is 1. The van der Waals surface area contributed by atoms with E-state index >= 15 is 0 Å². The summed E-state index contributed by atoms with van der Waals surface area (Å²) in [5.41, 5.74) is 4.25. The molecular formula is C30H33N2O4+. The number of anilines is 1. The highest BCUT2D eigenvalue weighted by atomic mass is 16.5. The molecule has 0 amide bonds. The van der Waals surface area contributed by atoms with Gasteiger partial charge in [0, 0.05) is 18.3 Å². The summed E-state index contributed by atoms with van der Waals surface area (Å²) in [4.78, 5) is 26.1. The summed E-state index contributed by atoms with van der Waals surface area (Å²) in [6, 6.07) is 19.2. The highest BCUT2D eigenvalue weighted by molar-refractivity contribution is 6.21. The van der Waals surface area contributed by atoms with Gasteiger partial charge in [0.2, 0.25) is 5.78 Å². The summed E-state index contributed by atoms with van der Waals surface area (Å²) in [6.45, 7) is 7.52. The van der Waals surface area contributed by atoms with Gasteiger partial charge < -0.3 is 20.1 Å². The van der Waals surface area contributed by atoms with Gasteiger partial charge in [-0.15, -0.1) is 0 Å². The van der Waals surface area contributed by atoms with Crippen molar-refractivity contribution in [3.63, 3.8) is 0 Å². The van der Waals surface area contributed by atoms with Crippen molar-refractivity contribution in [2.45, 2.75) is 32.6 Å². The van der Waals surface area contributed by atoms with E-state index in [-0.39, 0.29) is 16.8 Å². The number of carboxylic acids is 1. The van der Waals surface area contributed by atoms with Crippen molar-refractivity contribution in [3.05, 3.63) is 94.9 Å². The van der Waals surface area contributed by atoms with Crippen LogP contribution in [-0.4, -0.2) is 37.6 Å². The second-order valence-corrected chi connectivity index (χ2v) is 9.69. The summed E-state index contributed by atoms with van der Waals surface area (Å²) in [6.07, 6.45) is 2.66. The molecule has 0 bridgehead atoms. The highest BCUT2D eigenvalue weighted by Crippen LogP contribution is 2.40. The molecule has 0 unspecified atom stereocenters. The van der Waals surface area contributed by atoms with Crippen LogP contribution in [-0.2, 0) is 14.9 Å². The molecule has 3 aromatic carbocycles. The molecule has 6 nitrogen and oxygen atoms in total. The number of nitrogens with zero attached hydrogens (tertiary/aromatic N) is 1. The zero-order valence-electron chi connectivity index (χ0n) is 21.5. The van der Waals surface area contributed by atoms with Crippen LogP contribution in [0.2, 0.25) is 0 Å². The fourth-order valence-corrected chi connectivity index (χ4v) is 4.95. The van der Waals surface area contributed by atoms with Crippen molar-refractivity contribution < 1.29 is 24.7 Å². The molecule has 0 heterocycles. The van der Waals surface area contributed by atoms with E-state index in [1.54, 1.807) is 31.2 Å². The number of ether oxygens (including phenoxy) is 1. The second-order valence-electron chi connectivity index (χ2n) is 9.69. The quantitative estimate of drug-likeness (QED) is 0.332. The van der Waals surface area contributed by atoms with E-state index < -0.39 is 5.97 Å². The summed E-state index contributed by atoms with van der Waals surface area (Å²) < 4.78 is 5.64. The molecule has 1 aliphatic rings. The third kappa shape index (κ3) is 4.52. The maximum atomic E-state index is 13.2. The lowest BCUT2D eigenvalue weighted by molar-refractivity contribution is -0.568. The maximum Gasteiger partial charge on any atom is 0.335 e. The molecule has 0 saturated carbocycles. The van der Waals surface area contributed by atoms with Crippen molar-refractivity contribution in [1.29, 1.82) is 0 Å². The molecular weight excluding hydrogens is 452 g/mol. The van der Waals surface area contributed by atoms with Crippen molar-refractivity contribution >= 4 is 33.9 Å². The van der Waals surface area contributed by atoms with Gasteiger partial charge in [-0.2, -0.15) is 0 Å². The van der Waals surface area contributed by atoms with Gasteiger partial charge in [-0.05, 0) is 65.9 Å². The number of fused-ring (bicyclic) bond motifs is 1. The van der Waals surface area contributed by atoms with Crippen LogP contribution in [0, 0.1) is 0 Å². The molecule has 3 aromatic rings. The lowest BCUT2D eigenvalue weighted by atomic mass is 9.76. The number of benzene rings is 3. The number of aromatic carboxylic acids is 1. The van der Waals surface area contributed by atoms with Crippen LogP contribution in [0.25, 0.3) is 10.8 Å². The number of hydrogen-bond donors (Lipinski definition) is 2. The Bertz CT molecular complexity index is 1380. The van der Waals surface area contributed by atoms with Gasteiger partial charge in [0.1, 0.15) is 11.4 Å². The monoisotopic (exact) mass is 485 g/mol. The molecule has 0 aromatic heterocycles. The fourth-order valence-electron chi connectivity index (χ4n) is 4.95. The van der Waals surface area contributed by atoms with E-state index in [0.717, 1.165) is 6.54 Å². The SMILES string of the molecule is CC[NH2+]c1ccc2ccccc2c1C(C)(C)C/C=C1\C(=O)C(N(C)c2ccc(C(=O)O)cc2)=C1OC. The zero-order valence-corrected chi connectivity index (χ0v) is 21.5. The van der Waals surface area contributed by atoms with Crippen molar-refractivity contribution in [2.24, 2.45) is 0 Å². The molecule has 36 heavy (non-hydrogen) atoms. The summed E-state index contributed by atoms with van der Waals surface area (Å²) in [7, 11) is 3.35. The van der Waals surface area contributed by atoms with E-state index in [4.69, 9.17) is 9.84 Å². The molecule has 1 aliphatic carbocycles. The van der Waals surface area contributed by atoms with E-state index in [9.17, 15) is 9.59 Å². The summed E-state index contributed by atoms with van der Waals surface area (Å²) in [5.74, 6) is -0.510. The highest BCUT2D eigenvalue weighted by Gasteiger charge is 2.39. The number of allylic oxidation sites excluding steroid dienone is 3. The normalized spacial score (nSPS) is 14.8. The molecule has 0 spiro atoms. The lowest BCUT2D eigenvalue weighted by Crippen LogP contribution is -2.77. The number of quaternary nitrogens is 1. The van der Waals surface area contributed by atoms with Crippen LogP contribution >= 0.6 is 0 Å². The summed E-state index contributed by atoms with van der Waals surface area (Å²) >= 11 is 0. The van der Waals surface area contributed by atoms with Gasteiger partial charge in [-0.1, -0.05) is 44.2 Å². The van der Waals surface area contributed by atoms with Crippen LogP contribution in [0.3, 0.4) is 0 Å². The van der Waals surface area contributed by atoms with E-state index in [2.05, 4.69) is 62.5 Å². The third-order valence-corrected chi connectivity index (χ3v) is 6.84. The molecule has 0 atom stereocenters. The van der Waals surface area contributed by atoms with E-state index in [0.29, 0.717) is 29.1 Å². The summed E-state index contributed by atoms with van der Waals surface area (Å²) in [5, 5.41) is 13.8. The smallest absolute Gasteiger partial charge is 0.335 e. The molecule has 0 aliphatic heterocycles. The van der Waals surface area contributed by atoms with Crippen LogP contribution in [0.4, 0.5) is 11.4 Å². The van der Waals surface area contributed by atoms with Crippen LogP contribution in [0.15, 0.2) is 83.8 Å². The first-order valence-electron chi connectivity index (χ1n) is 12.2. The average molecular weight is 486 g/mol. The number of methoxy groups -OCH3 is 1. The second kappa shape index (κ2) is 9.99. The van der Waals surface area contributed by atoms with Gasteiger partial charge in [0.05, 0.1) is 24.8 Å². The predicted octanol–water partition coefficient (Wildman–Crippen LogP) is 4.92. The minimum Gasteiger partial charge on any atom is -0.494 e. The molecule has 0 fully saturated rings. The Balaban J connectivity index is 1.66. The van der Waals surface area contributed by atoms with E-state index in [1.807, 2.05) is 6.08 Å². The average Bonchev–Trinajstić information content (AvgIpc) is 2.86. The number of rotatable bonds is 9. The first-order valence-corrected chi connectivity index (χ1v) is 12.2. The maximum absolute atomic E-state index is 13.2. The van der Waals surface area contributed by atoms with Crippen molar-refractivity contribution in [3.8, 4) is 0 Å². The Morgan fingerprint density at radius 2 is 1.78 bits per heavy atom. The number of nitrogens with two attached hydrogens (primary N) is 1. The number of carbonyl (C=O) groups is 2. The molecule has 4 rings (SSSR count). The van der Waals surface area contributed by atoms with Gasteiger partial charge in [-0.3, -0.25) is 4.79 Å². The Morgan fingerprint density at radius 1 is 1.08 bits per heavy atom. The fraction of sp³-hybridized carbons (Fsp3) is 0.267. The standard InChI is InChI=1S/C30H32N2O4/c1-6-31-24-16-13-19-9-7-8-10-22(19)25(24)30(2,3)18-17-23-27(33)26(28(23)36-5)32(4)21-14-11-20(12-15-21)29(34)35/h7-17,31H,6,18H2,1-5H3,(H,34,35)/p+1/b23-17+. The van der Waals surface area contributed by atoms with Crippen LogP contribution in [0.1, 0.15) is 43.1 Å². The van der Waals surface area contributed by atoms with Crippen LogP contribution in [0.5, 0.6) is 0 Å². The third-order valence-electron chi connectivity index (χ3n) is 6.84. The Kier molecular flexibility index (Phi) is 7.00. The predicted molar refractivity (Wildman–Crippen MR) is 143 cm³/mol.